The van der Waals surface area contributed by atoms with E-state index in [-0.39, 0.29) is 5.03 Å². The zero-order chi connectivity index (χ0) is 14.0. The van der Waals surface area contributed by atoms with Gasteiger partial charge in [-0.15, -0.1) is 0 Å². The van der Waals surface area contributed by atoms with Crippen LogP contribution in [0.2, 0.25) is 0 Å². The van der Waals surface area contributed by atoms with Gasteiger partial charge in [0.15, 0.2) is 5.03 Å². The predicted octanol–water partition coefficient (Wildman–Crippen LogP) is 3.09. The van der Waals surface area contributed by atoms with Gasteiger partial charge in [0.1, 0.15) is 5.70 Å². The fraction of sp³-hybridized carbons (Fsp3) is 0.357. The zero-order valence-corrected chi connectivity index (χ0v) is 11.9. The van der Waals surface area contributed by atoms with Crippen molar-refractivity contribution in [2.75, 3.05) is 11.9 Å². The van der Waals surface area contributed by atoms with E-state index >= 15 is 0 Å². The summed E-state index contributed by atoms with van der Waals surface area (Å²) in [6, 6.07) is 6.00. The first kappa shape index (κ1) is 13.9. The van der Waals surface area contributed by atoms with E-state index in [1.165, 1.54) is 0 Å². The first-order valence-corrected chi connectivity index (χ1v) is 6.47. The molecule has 0 unspecified atom stereocenters. The molecule has 1 aromatic carbocycles. The number of nitrogens with one attached hydrogen (secondary N) is 1. The zero-order valence-electron chi connectivity index (χ0n) is 11.1. The summed E-state index contributed by atoms with van der Waals surface area (Å²) in [6.45, 7) is 6.23. The Bertz CT molecular complexity index is 539. The summed E-state index contributed by atoms with van der Waals surface area (Å²) in [5.74, 6) is -0.562. The number of hydrogen-bond acceptors (Lipinski definition) is 4. The van der Waals surface area contributed by atoms with Gasteiger partial charge in [-0.3, -0.25) is 0 Å². The summed E-state index contributed by atoms with van der Waals surface area (Å²) in [5.41, 5.74) is 3.51. The van der Waals surface area contributed by atoms with Crippen molar-refractivity contribution >= 4 is 23.3 Å². The van der Waals surface area contributed by atoms with Gasteiger partial charge in [0, 0.05) is 12.3 Å². The number of esters is 1. The molecule has 1 atom stereocenters. The van der Waals surface area contributed by atoms with E-state index in [2.05, 4.69) is 5.32 Å². The SMILES string of the molecule is CCO[C@@H]1OC(=O)C(Cl)=C1Nc1cc(C)ccc1C. The minimum atomic E-state index is -0.759. The Morgan fingerprint density at radius 1 is 1.42 bits per heavy atom. The van der Waals surface area contributed by atoms with Crippen LogP contribution in [0.15, 0.2) is 28.9 Å². The van der Waals surface area contributed by atoms with E-state index in [1.807, 2.05) is 39.0 Å². The van der Waals surface area contributed by atoms with Crippen molar-refractivity contribution in [1.29, 1.82) is 0 Å². The molecular weight excluding hydrogens is 266 g/mol. The average molecular weight is 282 g/mol. The van der Waals surface area contributed by atoms with Gasteiger partial charge >= 0.3 is 5.97 Å². The third-order valence-electron chi connectivity index (χ3n) is 2.85. The van der Waals surface area contributed by atoms with E-state index < -0.39 is 12.3 Å². The Kier molecular flexibility index (Phi) is 4.12. The highest BCUT2D eigenvalue weighted by Crippen LogP contribution is 2.29. The maximum Gasteiger partial charge on any atom is 0.354 e. The van der Waals surface area contributed by atoms with Crippen LogP contribution in [0.3, 0.4) is 0 Å². The van der Waals surface area contributed by atoms with E-state index in [9.17, 15) is 4.79 Å². The molecule has 0 saturated heterocycles. The largest absolute Gasteiger partial charge is 0.425 e. The van der Waals surface area contributed by atoms with Crippen molar-refractivity contribution in [3.8, 4) is 0 Å². The van der Waals surface area contributed by atoms with Crippen LogP contribution in [-0.4, -0.2) is 18.9 Å². The first-order chi connectivity index (χ1) is 9.02. The molecule has 1 aromatic rings. The molecule has 0 aliphatic carbocycles. The number of aryl methyl sites for hydroxylation is 2. The fourth-order valence-electron chi connectivity index (χ4n) is 1.82. The second-order valence-corrected chi connectivity index (χ2v) is 4.74. The fourth-order valence-corrected chi connectivity index (χ4v) is 2.00. The van der Waals surface area contributed by atoms with Crippen LogP contribution in [0.1, 0.15) is 18.1 Å². The van der Waals surface area contributed by atoms with Gasteiger partial charge in [0.05, 0.1) is 0 Å². The quantitative estimate of drug-likeness (QED) is 0.862. The van der Waals surface area contributed by atoms with Crippen molar-refractivity contribution in [1.82, 2.24) is 0 Å². The molecule has 0 bridgehead atoms. The maximum atomic E-state index is 11.5. The van der Waals surface area contributed by atoms with Gasteiger partial charge in [-0.25, -0.2) is 4.79 Å². The normalized spacial score (nSPS) is 18.7. The summed E-state index contributed by atoms with van der Waals surface area (Å²) in [7, 11) is 0. The lowest BCUT2D eigenvalue weighted by Crippen LogP contribution is -2.20. The van der Waals surface area contributed by atoms with Crippen LogP contribution in [0.25, 0.3) is 0 Å². The average Bonchev–Trinajstić information content (AvgIpc) is 2.62. The Hall–Kier alpha value is -1.52. The molecule has 1 N–H and O–H groups in total. The molecule has 0 fully saturated rings. The third-order valence-corrected chi connectivity index (χ3v) is 3.20. The lowest BCUT2D eigenvalue weighted by atomic mass is 10.1. The molecule has 5 heteroatoms. The van der Waals surface area contributed by atoms with Gasteiger partial charge in [0.25, 0.3) is 0 Å². The minimum Gasteiger partial charge on any atom is -0.425 e. The van der Waals surface area contributed by atoms with Crippen LogP contribution in [0.4, 0.5) is 5.69 Å². The number of ether oxygens (including phenoxy) is 2. The number of hydrogen-bond donors (Lipinski definition) is 1. The Labute approximate surface area is 117 Å². The minimum absolute atomic E-state index is 0.0411. The van der Waals surface area contributed by atoms with Crippen molar-refractivity contribution in [2.24, 2.45) is 0 Å². The van der Waals surface area contributed by atoms with Crippen LogP contribution < -0.4 is 5.32 Å². The van der Waals surface area contributed by atoms with Crippen molar-refractivity contribution in [3.63, 3.8) is 0 Å². The highest BCUT2D eigenvalue weighted by molar-refractivity contribution is 6.42. The van der Waals surface area contributed by atoms with Gasteiger partial charge in [0.2, 0.25) is 6.29 Å². The Morgan fingerprint density at radius 2 is 2.16 bits per heavy atom. The summed E-state index contributed by atoms with van der Waals surface area (Å²) in [4.78, 5) is 11.5. The molecule has 0 spiro atoms. The molecule has 0 amide bonds. The van der Waals surface area contributed by atoms with Crippen LogP contribution in [0, 0.1) is 13.8 Å². The summed E-state index contributed by atoms with van der Waals surface area (Å²) in [5, 5.41) is 3.18. The van der Waals surface area contributed by atoms with Gasteiger partial charge in [-0.2, -0.15) is 0 Å². The molecule has 1 aliphatic rings. The topological polar surface area (TPSA) is 47.6 Å². The molecule has 0 radical (unpaired) electrons. The predicted molar refractivity (Wildman–Crippen MR) is 73.9 cm³/mol. The maximum absolute atomic E-state index is 11.5. The second-order valence-electron chi connectivity index (χ2n) is 4.36. The molecule has 4 nitrogen and oxygen atoms in total. The van der Waals surface area contributed by atoms with Gasteiger partial charge in [-0.1, -0.05) is 23.7 Å². The number of rotatable bonds is 4. The number of benzene rings is 1. The number of cyclic esters (lactones) is 1. The summed E-state index contributed by atoms with van der Waals surface area (Å²) < 4.78 is 10.4. The molecule has 2 rings (SSSR count). The van der Waals surface area contributed by atoms with Crippen molar-refractivity contribution < 1.29 is 14.3 Å². The van der Waals surface area contributed by atoms with E-state index in [4.69, 9.17) is 21.1 Å². The smallest absolute Gasteiger partial charge is 0.354 e. The lowest BCUT2D eigenvalue weighted by molar-refractivity contribution is -0.158. The lowest BCUT2D eigenvalue weighted by Gasteiger charge is -2.17. The monoisotopic (exact) mass is 281 g/mol. The van der Waals surface area contributed by atoms with Crippen LogP contribution in [0.5, 0.6) is 0 Å². The van der Waals surface area contributed by atoms with Crippen LogP contribution in [-0.2, 0) is 14.3 Å². The van der Waals surface area contributed by atoms with Gasteiger partial charge in [-0.05, 0) is 38.0 Å². The number of carbonyl (C=O) groups is 1. The molecule has 19 heavy (non-hydrogen) atoms. The molecule has 102 valence electrons. The molecule has 0 aromatic heterocycles. The summed E-state index contributed by atoms with van der Waals surface area (Å²) in [6.07, 6.45) is -0.759. The summed E-state index contributed by atoms with van der Waals surface area (Å²) >= 11 is 5.96. The Balaban J connectivity index is 2.29. The molecule has 1 heterocycles. The number of carbonyl (C=O) groups excluding carboxylic acids is 1. The third kappa shape index (κ3) is 2.91. The van der Waals surface area contributed by atoms with Crippen molar-refractivity contribution in [3.05, 3.63) is 40.1 Å². The highest BCUT2D eigenvalue weighted by atomic mass is 35.5. The van der Waals surface area contributed by atoms with Gasteiger partial charge < -0.3 is 14.8 Å². The van der Waals surface area contributed by atoms with E-state index in [0.717, 1.165) is 16.8 Å². The van der Waals surface area contributed by atoms with Crippen LogP contribution >= 0.6 is 11.6 Å². The standard InChI is InChI=1S/C14H16ClNO3/c1-4-18-14-12(11(15)13(17)19-14)16-10-7-8(2)5-6-9(10)3/h5-7,14,16H,4H2,1-3H3/t14-/m1/s1. The second kappa shape index (κ2) is 5.63. The van der Waals surface area contributed by atoms with E-state index in [1.54, 1.807) is 0 Å². The van der Waals surface area contributed by atoms with E-state index in [0.29, 0.717) is 12.3 Å². The molecular formula is C14H16ClNO3. The number of anilines is 1. The first-order valence-electron chi connectivity index (χ1n) is 6.09. The molecule has 0 saturated carbocycles. The molecule has 1 aliphatic heterocycles. The highest BCUT2D eigenvalue weighted by Gasteiger charge is 2.34. The van der Waals surface area contributed by atoms with Crippen molar-refractivity contribution in [2.45, 2.75) is 27.1 Å². The Morgan fingerprint density at radius 3 is 2.84 bits per heavy atom. The number of halogens is 1.